The van der Waals surface area contributed by atoms with Crippen molar-refractivity contribution in [3.05, 3.63) is 11.6 Å². The Kier molecular flexibility index (Phi) is 2.27. The summed E-state index contributed by atoms with van der Waals surface area (Å²) < 4.78 is 0. The second-order valence-electron chi connectivity index (χ2n) is 4.66. The lowest BCUT2D eigenvalue weighted by atomic mass is 9.81. The highest BCUT2D eigenvalue weighted by molar-refractivity contribution is 5.84. The van der Waals surface area contributed by atoms with Crippen LogP contribution in [0, 0.1) is 17.8 Å². The molecule has 1 heteroatoms. The zero-order valence-electron chi connectivity index (χ0n) is 8.55. The van der Waals surface area contributed by atoms with Gasteiger partial charge in [0, 0.05) is 12.3 Å². The zero-order valence-corrected chi connectivity index (χ0v) is 8.55. The number of ketones is 1. The van der Waals surface area contributed by atoms with Crippen LogP contribution in [-0.4, -0.2) is 5.78 Å². The molecule has 2 rings (SSSR count). The summed E-state index contributed by atoms with van der Waals surface area (Å²) in [6, 6.07) is 0. The molecule has 0 bridgehead atoms. The molecule has 0 radical (unpaired) electrons. The third kappa shape index (κ3) is 1.45. The van der Waals surface area contributed by atoms with Gasteiger partial charge in [-0.2, -0.15) is 0 Å². The summed E-state index contributed by atoms with van der Waals surface area (Å²) in [6.45, 7) is 4.43. The van der Waals surface area contributed by atoms with Crippen molar-refractivity contribution in [3.8, 4) is 0 Å². The lowest BCUT2D eigenvalue weighted by molar-refractivity contribution is -0.122. The van der Waals surface area contributed by atoms with E-state index in [1.165, 1.54) is 12.0 Å². The van der Waals surface area contributed by atoms with Crippen molar-refractivity contribution in [1.82, 2.24) is 0 Å². The van der Waals surface area contributed by atoms with Gasteiger partial charge >= 0.3 is 0 Å². The molecular weight excluding hydrogens is 160 g/mol. The second kappa shape index (κ2) is 3.28. The molecule has 0 saturated heterocycles. The molecule has 0 aromatic rings. The van der Waals surface area contributed by atoms with Crippen LogP contribution in [0.15, 0.2) is 11.6 Å². The minimum absolute atomic E-state index is 0.289. The van der Waals surface area contributed by atoms with Gasteiger partial charge in [0.1, 0.15) is 5.78 Å². The van der Waals surface area contributed by atoms with Gasteiger partial charge in [-0.3, -0.25) is 4.79 Å². The van der Waals surface area contributed by atoms with Gasteiger partial charge in [0.05, 0.1) is 0 Å². The quantitative estimate of drug-likeness (QED) is 0.521. The van der Waals surface area contributed by atoms with E-state index in [-0.39, 0.29) is 5.92 Å². The molecule has 1 fully saturated rings. The van der Waals surface area contributed by atoms with Crippen LogP contribution in [0.3, 0.4) is 0 Å². The molecular formula is C12H18O. The summed E-state index contributed by atoms with van der Waals surface area (Å²) in [6.07, 6.45) is 6.59. The minimum Gasteiger partial charge on any atom is -0.299 e. The molecule has 0 aromatic heterocycles. The van der Waals surface area contributed by atoms with Crippen molar-refractivity contribution in [3.63, 3.8) is 0 Å². The lowest BCUT2D eigenvalue weighted by Crippen LogP contribution is -2.22. The Labute approximate surface area is 80.2 Å². The first-order chi connectivity index (χ1) is 6.20. The molecule has 2 aliphatic rings. The summed E-state index contributed by atoms with van der Waals surface area (Å²) in [5.41, 5.74) is 1.34. The van der Waals surface area contributed by atoms with E-state index < -0.39 is 0 Å². The fourth-order valence-electron chi connectivity index (χ4n) is 2.94. The Morgan fingerprint density at radius 2 is 2.23 bits per heavy atom. The molecule has 0 spiro atoms. The van der Waals surface area contributed by atoms with Gasteiger partial charge in [-0.15, -0.1) is 0 Å². The highest BCUT2D eigenvalue weighted by atomic mass is 16.1. The summed E-state index contributed by atoms with van der Waals surface area (Å²) in [7, 11) is 0. The summed E-state index contributed by atoms with van der Waals surface area (Å²) >= 11 is 0. The topological polar surface area (TPSA) is 17.1 Å². The maximum Gasteiger partial charge on any atom is 0.140 e. The molecule has 0 amide bonds. The molecule has 3 atom stereocenters. The molecule has 0 unspecified atom stereocenters. The number of fused-ring (bicyclic) bond motifs is 1. The second-order valence-corrected chi connectivity index (χ2v) is 4.66. The first-order valence-corrected chi connectivity index (χ1v) is 5.39. The Morgan fingerprint density at radius 1 is 1.46 bits per heavy atom. The van der Waals surface area contributed by atoms with Crippen LogP contribution in [0.25, 0.3) is 0 Å². The number of hydrogen-bond acceptors (Lipinski definition) is 1. The van der Waals surface area contributed by atoms with Crippen LogP contribution in [0.5, 0.6) is 0 Å². The van der Waals surface area contributed by atoms with Gasteiger partial charge < -0.3 is 0 Å². The summed E-state index contributed by atoms with van der Waals surface area (Å²) in [5.74, 6) is 2.17. The highest BCUT2D eigenvalue weighted by Gasteiger charge is 2.37. The Hall–Kier alpha value is -0.590. The SMILES string of the molecule is CC1=CC[C@@H]2[C@@H]1C(=O)CCC[C@@H]2C. The molecule has 1 nitrogen and oxygen atoms in total. The van der Waals surface area contributed by atoms with Gasteiger partial charge in [-0.1, -0.05) is 18.6 Å². The van der Waals surface area contributed by atoms with E-state index in [1.807, 2.05) is 0 Å². The van der Waals surface area contributed by atoms with Gasteiger partial charge in [-0.25, -0.2) is 0 Å². The average Bonchev–Trinajstić information content (AvgIpc) is 2.40. The molecule has 0 aliphatic heterocycles. The van der Waals surface area contributed by atoms with Gasteiger partial charge in [0.2, 0.25) is 0 Å². The number of carbonyl (C=O) groups excluding carboxylic acids is 1. The fourth-order valence-corrected chi connectivity index (χ4v) is 2.94. The number of carbonyl (C=O) groups is 1. The molecule has 0 aromatic carbocycles. The Morgan fingerprint density at radius 3 is 3.00 bits per heavy atom. The van der Waals surface area contributed by atoms with E-state index in [0.717, 1.165) is 25.2 Å². The molecule has 0 heterocycles. The molecule has 72 valence electrons. The van der Waals surface area contributed by atoms with E-state index in [9.17, 15) is 4.79 Å². The maximum atomic E-state index is 11.8. The number of hydrogen-bond donors (Lipinski definition) is 0. The highest BCUT2D eigenvalue weighted by Crippen LogP contribution is 2.41. The number of rotatable bonds is 0. The largest absolute Gasteiger partial charge is 0.299 e. The van der Waals surface area contributed by atoms with Crippen molar-refractivity contribution in [2.24, 2.45) is 17.8 Å². The average molecular weight is 178 g/mol. The van der Waals surface area contributed by atoms with Crippen molar-refractivity contribution in [2.75, 3.05) is 0 Å². The molecule has 2 aliphatic carbocycles. The van der Waals surface area contributed by atoms with Crippen LogP contribution < -0.4 is 0 Å². The van der Waals surface area contributed by atoms with Crippen molar-refractivity contribution in [2.45, 2.75) is 39.5 Å². The van der Waals surface area contributed by atoms with Gasteiger partial charge in [0.25, 0.3) is 0 Å². The zero-order chi connectivity index (χ0) is 9.42. The van der Waals surface area contributed by atoms with E-state index in [0.29, 0.717) is 11.7 Å². The molecule has 1 saturated carbocycles. The smallest absolute Gasteiger partial charge is 0.140 e. The van der Waals surface area contributed by atoms with E-state index in [1.54, 1.807) is 0 Å². The van der Waals surface area contributed by atoms with Gasteiger partial charge in [-0.05, 0) is 38.0 Å². The first-order valence-electron chi connectivity index (χ1n) is 5.39. The van der Waals surface area contributed by atoms with E-state index >= 15 is 0 Å². The number of Topliss-reactive ketones (excluding diaryl/α,β-unsaturated/α-hetero) is 1. The monoisotopic (exact) mass is 178 g/mol. The predicted molar refractivity (Wildman–Crippen MR) is 53.4 cm³/mol. The minimum atomic E-state index is 0.289. The molecule has 0 N–H and O–H groups in total. The lowest BCUT2D eigenvalue weighted by Gasteiger charge is -2.22. The standard InChI is InChI=1S/C12H18O/c1-8-4-3-5-11(13)12-9(2)6-7-10(8)12/h6,8,10,12H,3-5,7H2,1-2H3/t8-,10-,12+/m0/s1. The first kappa shape index (κ1) is 8.98. The van der Waals surface area contributed by atoms with Crippen LogP contribution in [-0.2, 0) is 4.79 Å². The Balaban J connectivity index is 2.24. The maximum absolute atomic E-state index is 11.8. The normalized spacial score (nSPS) is 39.7. The van der Waals surface area contributed by atoms with Crippen molar-refractivity contribution >= 4 is 5.78 Å². The third-order valence-corrected chi connectivity index (χ3v) is 3.79. The third-order valence-electron chi connectivity index (χ3n) is 3.79. The van der Waals surface area contributed by atoms with Crippen LogP contribution in [0.1, 0.15) is 39.5 Å². The van der Waals surface area contributed by atoms with Crippen LogP contribution >= 0.6 is 0 Å². The van der Waals surface area contributed by atoms with Crippen LogP contribution in [0.4, 0.5) is 0 Å². The van der Waals surface area contributed by atoms with Crippen LogP contribution in [0.2, 0.25) is 0 Å². The Bertz CT molecular complexity index is 252. The van der Waals surface area contributed by atoms with Crippen molar-refractivity contribution < 1.29 is 4.79 Å². The predicted octanol–water partition coefficient (Wildman–Crippen LogP) is 2.96. The van der Waals surface area contributed by atoms with E-state index in [4.69, 9.17) is 0 Å². The summed E-state index contributed by atoms with van der Waals surface area (Å²) in [4.78, 5) is 11.8. The van der Waals surface area contributed by atoms with E-state index in [2.05, 4.69) is 19.9 Å². The summed E-state index contributed by atoms with van der Waals surface area (Å²) in [5, 5.41) is 0. The number of allylic oxidation sites excluding steroid dienone is 2. The fraction of sp³-hybridized carbons (Fsp3) is 0.750. The van der Waals surface area contributed by atoms with Gasteiger partial charge in [0.15, 0.2) is 0 Å². The molecule has 13 heavy (non-hydrogen) atoms. The van der Waals surface area contributed by atoms with Crippen molar-refractivity contribution in [1.29, 1.82) is 0 Å².